The Labute approximate surface area is 200 Å². The number of hydrogen-bond acceptors (Lipinski definition) is 9. The summed E-state index contributed by atoms with van der Waals surface area (Å²) >= 11 is 1.50. The molecule has 176 valence electrons. The molecular formula is C24H23N3O6S. The van der Waals surface area contributed by atoms with E-state index in [1.54, 1.807) is 36.4 Å². The van der Waals surface area contributed by atoms with Crippen LogP contribution in [-0.4, -0.2) is 57.5 Å². The number of imide groups is 1. The Morgan fingerprint density at radius 1 is 1.06 bits per heavy atom. The van der Waals surface area contributed by atoms with E-state index in [9.17, 15) is 14.4 Å². The molecule has 4 rings (SSSR count). The van der Waals surface area contributed by atoms with Gasteiger partial charge in [-0.05, 0) is 49.6 Å². The number of rotatable bonds is 10. The van der Waals surface area contributed by atoms with Crippen LogP contribution in [-0.2, 0) is 16.1 Å². The van der Waals surface area contributed by atoms with Crippen LogP contribution in [0, 0.1) is 0 Å². The zero-order valence-corrected chi connectivity index (χ0v) is 19.5. The molecule has 0 N–H and O–H groups in total. The highest BCUT2D eigenvalue weighted by atomic mass is 32.2. The number of ether oxygens (including phenoxy) is 2. The first-order chi connectivity index (χ1) is 16.5. The summed E-state index contributed by atoms with van der Waals surface area (Å²) in [6.07, 6.45) is 2.15. The number of esters is 1. The molecule has 1 aliphatic heterocycles. The van der Waals surface area contributed by atoms with E-state index in [2.05, 4.69) is 10.1 Å². The summed E-state index contributed by atoms with van der Waals surface area (Å²) in [5.74, 6) is -0.163. The first-order valence-electron chi connectivity index (χ1n) is 10.7. The molecule has 3 aromatic rings. The van der Waals surface area contributed by atoms with Crippen molar-refractivity contribution in [3.63, 3.8) is 0 Å². The lowest BCUT2D eigenvalue weighted by molar-refractivity contribution is -0.150. The second-order valence-corrected chi connectivity index (χ2v) is 8.36. The van der Waals surface area contributed by atoms with Crippen molar-refractivity contribution < 1.29 is 28.4 Å². The van der Waals surface area contributed by atoms with Gasteiger partial charge in [0.15, 0.2) is 6.61 Å². The highest BCUT2D eigenvalue weighted by Crippen LogP contribution is 2.29. The Bertz CT molecular complexity index is 1180. The van der Waals surface area contributed by atoms with Crippen molar-refractivity contribution in [1.29, 1.82) is 0 Å². The first kappa shape index (κ1) is 23.5. The molecule has 1 aromatic heterocycles. The molecule has 1 aliphatic rings. The number of benzene rings is 2. The molecular weight excluding hydrogens is 458 g/mol. The standard InChI is InChI=1S/C24H23N3O6S/c1-3-31-19-11-7-6-10-17(19)21-25-20(33-26-21)14-32-24(30)18(12-13-34-2)27-22(28)15-8-4-5-9-16(15)23(27)29/h4-11,18H,3,12-14H2,1-2H3. The molecule has 0 radical (unpaired) electrons. The van der Waals surface area contributed by atoms with Gasteiger partial charge >= 0.3 is 5.97 Å². The minimum absolute atomic E-state index is 0.0839. The maximum absolute atomic E-state index is 13.0. The van der Waals surface area contributed by atoms with Crippen LogP contribution < -0.4 is 4.74 Å². The zero-order chi connectivity index (χ0) is 24.1. The van der Waals surface area contributed by atoms with E-state index < -0.39 is 23.8 Å². The SMILES string of the molecule is CCOc1ccccc1-c1noc(COC(=O)C(CCSC)N2C(=O)c3ccccc3C2=O)n1. The molecule has 2 amide bonds. The third-order valence-electron chi connectivity index (χ3n) is 5.24. The number of para-hydroxylation sites is 1. The fourth-order valence-electron chi connectivity index (χ4n) is 3.66. The van der Waals surface area contributed by atoms with Crippen LogP contribution in [0.4, 0.5) is 0 Å². The normalized spacial score (nSPS) is 13.6. The van der Waals surface area contributed by atoms with Crippen molar-refractivity contribution in [2.24, 2.45) is 0 Å². The molecule has 9 nitrogen and oxygen atoms in total. The van der Waals surface area contributed by atoms with E-state index in [1.807, 2.05) is 25.3 Å². The van der Waals surface area contributed by atoms with Gasteiger partial charge in [-0.25, -0.2) is 4.79 Å². The topological polar surface area (TPSA) is 112 Å². The zero-order valence-electron chi connectivity index (χ0n) is 18.7. The summed E-state index contributed by atoms with van der Waals surface area (Å²) in [6, 6.07) is 12.7. The number of carbonyl (C=O) groups excluding carboxylic acids is 3. The van der Waals surface area contributed by atoms with E-state index in [1.165, 1.54) is 11.8 Å². The molecule has 1 atom stereocenters. The molecule has 0 bridgehead atoms. The van der Waals surface area contributed by atoms with Crippen LogP contribution in [0.15, 0.2) is 53.1 Å². The van der Waals surface area contributed by atoms with Gasteiger partial charge in [-0.2, -0.15) is 16.7 Å². The minimum atomic E-state index is -1.05. The average Bonchev–Trinajstić information content (AvgIpc) is 3.42. The lowest BCUT2D eigenvalue weighted by atomic mass is 10.1. The van der Waals surface area contributed by atoms with Crippen LogP contribution in [0.2, 0.25) is 0 Å². The number of thioether (sulfide) groups is 1. The summed E-state index contributed by atoms with van der Waals surface area (Å²) < 4.78 is 16.2. The van der Waals surface area contributed by atoms with Gasteiger partial charge in [-0.15, -0.1) is 0 Å². The molecule has 0 saturated heterocycles. The average molecular weight is 482 g/mol. The van der Waals surface area contributed by atoms with Crippen molar-refractivity contribution in [2.75, 3.05) is 18.6 Å². The number of aromatic nitrogens is 2. The summed E-state index contributed by atoms with van der Waals surface area (Å²) in [4.78, 5) is 44.0. The Balaban J connectivity index is 1.48. The quantitative estimate of drug-likeness (QED) is 0.317. The van der Waals surface area contributed by atoms with Gasteiger partial charge < -0.3 is 14.0 Å². The van der Waals surface area contributed by atoms with Gasteiger partial charge in [-0.1, -0.05) is 29.4 Å². The summed E-state index contributed by atoms with van der Waals surface area (Å²) in [6.45, 7) is 2.07. The van der Waals surface area contributed by atoms with Gasteiger partial charge in [0.1, 0.15) is 11.8 Å². The van der Waals surface area contributed by atoms with Gasteiger partial charge in [-0.3, -0.25) is 14.5 Å². The third-order valence-corrected chi connectivity index (χ3v) is 5.88. The molecule has 10 heteroatoms. The predicted molar refractivity (Wildman–Crippen MR) is 124 cm³/mol. The molecule has 0 fully saturated rings. The molecule has 0 aliphatic carbocycles. The Morgan fingerprint density at radius 3 is 2.35 bits per heavy atom. The number of fused-ring (bicyclic) bond motifs is 1. The largest absolute Gasteiger partial charge is 0.493 e. The smallest absolute Gasteiger partial charge is 0.329 e. The minimum Gasteiger partial charge on any atom is -0.493 e. The predicted octanol–water partition coefficient (Wildman–Crippen LogP) is 3.60. The number of nitrogens with zero attached hydrogens (tertiary/aromatic N) is 3. The van der Waals surface area contributed by atoms with Gasteiger partial charge in [0.05, 0.1) is 23.3 Å². The Kier molecular flexibility index (Phi) is 7.27. The van der Waals surface area contributed by atoms with E-state index in [0.717, 1.165) is 4.90 Å². The van der Waals surface area contributed by atoms with E-state index >= 15 is 0 Å². The highest BCUT2D eigenvalue weighted by Gasteiger charge is 2.43. The van der Waals surface area contributed by atoms with Crippen LogP contribution in [0.5, 0.6) is 5.75 Å². The maximum atomic E-state index is 13.0. The monoisotopic (exact) mass is 481 g/mol. The Morgan fingerprint density at radius 2 is 1.71 bits per heavy atom. The fourth-order valence-corrected chi connectivity index (χ4v) is 4.12. The van der Waals surface area contributed by atoms with E-state index in [0.29, 0.717) is 29.5 Å². The second kappa shape index (κ2) is 10.5. The van der Waals surface area contributed by atoms with Crippen LogP contribution >= 0.6 is 11.8 Å². The third kappa shape index (κ3) is 4.67. The second-order valence-electron chi connectivity index (χ2n) is 7.37. The highest BCUT2D eigenvalue weighted by molar-refractivity contribution is 7.98. The molecule has 34 heavy (non-hydrogen) atoms. The summed E-state index contributed by atoms with van der Waals surface area (Å²) in [5.41, 5.74) is 1.21. The van der Waals surface area contributed by atoms with Crippen LogP contribution in [0.3, 0.4) is 0 Å². The molecule has 0 saturated carbocycles. The fraction of sp³-hybridized carbons (Fsp3) is 0.292. The van der Waals surface area contributed by atoms with Gasteiger partial charge in [0.25, 0.3) is 17.7 Å². The first-order valence-corrected chi connectivity index (χ1v) is 12.1. The lowest BCUT2D eigenvalue weighted by Crippen LogP contribution is -2.46. The lowest BCUT2D eigenvalue weighted by Gasteiger charge is -2.24. The van der Waals surface area contributed by atoms with Crippen molar-refractivity contribution in [3.05, 3.63) is 65.5 Å². The number of carbonyl (C=O) groups is 3. The molecule has 1 unspecified atom stereocenters. The van der Waals surface area contributed by atoms with Crippen molar-refractivity contribution in [1.82, 2.24) is 15.0 Å². The van der Waals surface area contributed by atoms with Crippen molar-refractivity contribution in [2.45, 2.75) is 26.0 Å². The van der Waals surface area contributed by atoms with Crippen LogP contribution in [0.25, 0.3) is 11.4 Å². The summed E-state index contributed by atoms with van der Waals surface area (Å²) in [7, 11) is 0. The van der Waals surface area contributed by atoms with E-state index in [4.69, 9.17) is 14.0 Å². The maximum Gasteiger partial charge on any atom is 0.329 e. The molecule has 0 spiro atoms. The molecule has 2 heterocycles. The van der Waals surface area contributed by atoms with Crippen molar-refractivity contribution in [3.8, 4) is 17.1 Å². The van der Waals surface area contributed by atoms with E-state index in [-0.39, 0.29) is 30.0 Å². The van der Waals surface area contributed by atoms with Crippen LogP contribution in [0.1, 0.15) is 40.0 Å². The number of hydrogen-bond donors (Lipinski definition) is 0. The summed E-state index contributed by atoms with van der Waals surface area (Å²) in [5, 5.41) is 3.95. The van der Waals surface area contributed by atoms with Gasteiger partial charge in [0, 0.05) is 0 Å². The van der Waals surface area contributed by atoms with Gasteiger partial charge in [0.2, 0.25) is 5.82 Å². The Hall–Kier alpha value is -3.66. The number of amides is 2. The molecule has 2 aromatic carbocycles. The van der Waals surface area contributed by atoms with Crippen molar-refractivity contribution >= 4 is 29.5 Å².